The predicted molar refractivity (Wildman–Crippen MR) is 174 cm³/mol. The van der Waals surface area contributed by atoms with Gasteiger partial charge in [-0.3, -0.25) is 9.97 Å². The summed E-state index contributed by atoms with van der Waals surface area (Å²) in [5.41, 5.74) is 10.9. The van der Waals surface area contributed by atoms with E-state index in [1.807, 2.05) is 24.5 Å². The third-order valence-corrected chi connectivity index (χ3v) is 10.1. The van der Waals surface area contributed by atoms with Crippen molar-refractivity contribution in [1.82, 2.24) is 9.97 Å². The molecule has 0 radical (unpaired) electrons. The van der Waals surface area contributed by atoms with Crippen LogP contribution >= 0.6 is 0 Å². The summed E-state index contributed by atoms with van der Waals surface area (Å²) in [5.74, 6) is 2.08. The zero-order valence-electron chi connectivity index (χ0n) is 25.5. The Labute approximate surface area is 246 Å². The summed E-state index contributed by atoms with van der Waals surface area (Å²) < 4.78 is 0. The Kier molecular flexibility index (Phi) is 7.45. The first kappa shape index (κ1) is 27.6. The highest BCUT2D eigenvalue weighted by Gasteiger charge is 2.40. The van der Waals surface area contributed by atoms with Crippen molar-refractivity contribution in [3.05, 3.63) is 119 Å². The summed E-state index contributed by atoms with van der Waals surface area (Å²) in [6.07, 6.45) is 11.4. The van der Waals surface area contributed by atoms with Crippen molar-refractivity contribution in [2.45, 2.75) is 72.6 Å². The van der Waals surface area contributed by atoms with Crippen LogP contribution in [0, 0.1) is 23.2 Å². The molecule has 2 aliphatic carbocycles. The highest BCUT2D eigenvalue weighted by atomic mass is 14.7. The lowest BCUT2D eigenvalue weighted by Crippen LogP contribution is -2.25. The smallest absolute Gasteiger partial charge is 0.0412 e. The van der Waals surface area contributed by atoms with Crippen molar-refractivity contribution >= 4 is 21.9 Å². The molecule has 41 heavy (non-hydrogen) atoms. The van der Waals surface area contributed by atoms with Crippen LogP contribution in [-0.2, 0) is 19.3 Å². The van der Waals surface area contributed by atoms with Gasteiger partial charge in [-0.05, 0) is 137 Å². The van der Waals surface area contributed by atoms with Crippen LogP contribution < -0.4 is 0 Å². The molecule has 0 amide bonds. The molecule has 4 atom stereocenters. The maximum atomic E-state index is 4.77. The average Bonchev–Trinajstić information content (AvgIpc) is 3.17. The van der Waals surface area contributed by atoms with Crippen LogP contribution in [0.2, 0.25) is 0 Å². The molecule has 2 aromatic carbocycles. The summed E-state index contributed by atoms with van der Waals surface area (Å²) in [6.45, 7) is 16.6. The van der Waals surface area contributed by atoms with Crippen LogP contribution in [0.25, 0.3) is 21.9 Å². The maximum Gasteiger partial charge on any atom is 0.0412 e. The molecule has 0 saturated carbocycles. The van der Waals surface area contributed by atoms with E-state index in [4.69, 9.17) is 11.6 Å². The first-order chi connectivity index (χ1) is 19.8. The van der Waals surface area contributed by atoms with Crippen LogP contribution in [0.1, 0.15) is 87.0 Å². The Balaban J connectivity index is 1.49. The van der Waals surface area contributed by atoms with Crippen LogP contribution in [-0.4, -0.2) is 9.97 Å². The van der Waals surface area contributed by atoms with Crippen molar-refractivity contribution in [2.75, 3.05) is 0 Å². The number of pyridine rings is 2. The number of nitrogens with zero attached hydrogens (tertiary/aromatic N) is 2. The Morgan fingerprint density at radius 1 is 0.878 bits per heavy atom. The molecule has 0 spiro atoms. The lowest BCUT2D eigenvalue weighted by Gasteiger charge is -2.35. The van der Waals surface area contributed by atoms with E-state index < -0.39 is 0 Å². The molecule has 0 aliphatic heterocycles. The fraction of sp³-hybridized carbons (Fsp3) is 0.385. The highest BCUT2D eigenvalue weighted by Crippen LogP contribution is 2.54. The first-order valence-corrected chi connectivity index (χ1v) is 15.5. The van der Waals surface area contributed by atoms with E-state index >= 15 is 0 Å². The average molecular weight is 541 g/mol. The van der Waals surface area contributed by atoms with Gasteiger partial charge >= 0.3 is 0 Å². The van der Waals surface area contributed by atoms with Gasteiger partial charge < -0.3 is 0 Å². The molecule has 4 aromatic rings. The van der Waals surface area contributed by atoms with E-state index in [1.54, 1.807) is 0 Å². The minimum atomic E-state index is -0.0113. The normalized spacial score (nSPS) is 24.0. The Morgan fingerprint density at radius 3 is 2.24 bits per heavy atom. The molecule has 2 aliphatic rings. The van der Waals surface area contributed by atoms with Crippen LogP contribution in [0.4, 0.5) is 0 Å². The van der Waals surface area contributed by atoms with Gasteiger partial charge in [0, 0.05) is 23.8 Å². The molecule has 2 heterocycles. The van der Waals surface area contributed by atoms with Gasteiger partial charge in [0.25, 0.3) is 0 Å². The number of allylic oxidation sites excluding steroid dienone is 3. The second kappa shape index (κ2) is 11.0. The van der Waals surface area contributed by atoms with Gasteiger partial charge in [-0.25, -0.2) is 0 Å². The lowest BCUT2D eigenvalue weighted by molar-refractivity contribution is 0.323. The second-order valence-corrected chi connectivity index (χ2v) is 13.3. The van der Waals surface area contributed by atoms with Gasteiger partial charge in [0.15, 0.2) is 0 Å². The van der Waals surface area contributed by atoms with E-state index in [1.165, 1.54) is 55.6 Å². The molecular weight excluding hydrogens is 496 g/mol. The summed E-state index contributed by atoms with van der Waals surface area (Å²) in [4.78, 5) is 9.41. The molecular formula is C39H44N2. The molecule has 0 saturated heterocycles. The van der Waals surface area contributed by atoms with Crippen LogP contribution in [0.15, 0.2) is 85.7 Å². The minimum Gasteiger partial charge on any atom is -0.261 e. The highest BCUT2D eigenvalue weighted by molar-refractivity contribution is 6.05. The molecule has 2 aromatic heterocycles. The third kappa shape index (κ3) is 5.07. The quantitative estimate of drug-likeness (QED) is 0.243. The van der Waals surface area contributed by atoms with Gasteiger partial charge in [-0.2, -0.15) is 0 Å². The van der Waals surface area contributed by atoms with Crippen LogP contribution in [0.3, 0.4) is 0 Å². The van der Waals surface area contributed by atoms with Gasteiger partial charge in [0.05, 0.1) is 0 Å². The minimum absolute atomic E-state index is 0.0113. The summed E-state index contributed by atoms with van der Waals surface area (Å²) >= 11 is 0. The predicted octanol–water partition coefficient (Wildman–Crippen LogP) is 9.88. The summed E-state index contributed by atoms with van der Waals surface area (Å²) in [5, 5.41) is 2.94. The molecule has 2 nitrogen and oxygen atoms in total. The van der Waals surface area contributed by atoms with E-state index in [2.05, 4.69) is 94.2 Å². The number of hydrogen-bond acceptors (Lipinski definition) is 2. The van der Waals surface area contributed by atoms with E-state index in [-0.39, 0.29) is 5.41 Å². The zero-order chi connectivity index (χ0) is 28.7. The SMILES string of the molecule is C=C1CC(C(C)Cc2ccccn2)Cc2ccc3c4c(ccc1c24)C(C(C)C)CC(C)(Cc1ccccn1)C3=CC. The Bertz CT molecular complexity index is 1600. The Morgan fingerprint density at radius 2 is 1.59 bits per heavy atom. The number of hydrogen-bond donors (Lipinski definition) is 0. The van der Waals surface area contributed by atoms with Crippen molar-refractivity contribution in [3.8, 4) is 0 Å². The molecule has 4 unspecified atom stereocenters. The monoisotopic (exact) mass is 540 g/mol. The third-order valence-electron chi connectivity index (χ3n) is 10.1. The Hall–Kier alpha value is -3.52. The largest absolute Gasteiger partial charge is 0.261 e. The van der Waals surface area contributed by atoms with Gasteiger partial charge in [0.1, 0.15) is 0 Å². The van der Waals surface area contributed by atoms with Crippen molar-refractivity contribution in [2.24, 2.45) is 23.2 Å². The van der Waals surface area contributed by atoms with Crippen molar-refractivity contribution in [1.29, 1.82) is 0 Å². The fourth-order valence-electron chi connectivity index (χ4n) is 7.99. The summed E-state index contributed by atoms with van der Waals surface area (Å²) in [7, 11) is 0. The van der Waals surface area contributed by atoms with Crippen molar-refractivity contribution in [3.63, 3.8) is 0 Å². The van der Waals surface area contributed by atoms with Gasteiger partial charge in [-0.1, -0.05) is 76.7 Å². The van der Waals surface area contributed by atoms with Gasteiger partial charge in [-0.15, -0.1) is 0 Å². The fourth-order valence-corrected chi connectivity index (χ4v) is 7.99. The van der Waals surface area contributed by atoms with Crippen LogP contribution in [0.5, 0.6) is 0 Å². The molecule has 6 rings (SSSR count). The number of aromatic nitrogens is 2. The lowest BCUT2D eigenvalue weighted by atomic mass is 9.69. The zero-order valence-corrected chi connectivity index (χ0v) is 25.5. The topological polar surface area (TPSA) is 25.8 Å². The van der Waals surface area contributed by atoms with E-state index in [0.717, 1.165) is 32.1 Å². The van der Waals surface area contributed by atoms with Crippen molar-refractivity contribution < 1.29 is 0 Å². The number of benzene rings is 2. The van der Waals surface area contributed by atoms with Gasteiger partial charge in [0.2, 0.25) is 0 Å². The number of rotatable bonds is 6. The standard InChI is InChI=1S/C39H44N2/c1-7-36-34-15-14-28-22-29(26(4)21-30-12-8-10-18-40-30)20-27(5)32-16-17-33(38(34)37(28)32)35(25(2)3)24-39(36,6)23-31-13-9-11-19-41-31/h7-19,25-26,29,35H,5,20-24H2,1-4,6H3. The summed E-state index contributed by atoms with van der Waals surface area (Å²) in [6, 6.07) is 22.4. The van der Waals surface area contributed by atoms with E-state index in [0.29, 0.717) is 23.7 Å². The molecule has 2 heteroatoms. The maximum absolute atomic E-state index is 4.77. The molecule has 0 bridgehead atoms. The second-order valence-electron chi connectivity index (χ2n) is 13.3. The molecule has 0 N–H and O–H groups in total. The first-order valence-electron chi connectivity index (χ1n) is 15.5. The molecule has 0 fully saturated rings. The molecule has 210 valence electrons. The van der Waals surface area contributed by atoms with E-state index in [9.17, 15) is 0 Å².